The summed E-state index contributed by atoms with van der Waals surface area (Å²) in [5.74, 6) is -2.36. The predicted octanol–water partition coefficient (Wildman–Crippen LogP) is 1.85. The second-order valence-corrected chi connectivity index (χ2v) is 6.46. The molecule has 27 heavy (non-hydrogen) atoms. The number of hydrogen-bond acceptors (Lipinski definition) is 4. The van der Waals surface area contributed by atoms with Gasteiger partial charge < -0.3 is 19.5 Å². The lowest BCUT2D eigenvalue weighted by Gasteiger charge is -2.34. The van der Waals surface area contributed by atoms with Crippen LogP contribution in [0, 0.1) is 0 Å². The fourth-order valence-electron chi connectivity index (χ4n) is 2.90. The first kappa shape index (κ1) is 24.8. The summed E-state index contributed by atoms with van der Waals surface area (Å²) in [4.78, 5) is 22.4. The molecule has 0 heterocycles. The zero-order chi connectivity index (χ0) is 20.9. The van der Waals surface area contributed by atoms with Gasteiger partial charge in [0.15, 0.2) is 0 Å². The van der Waals surface area contributed by atoms with Crippen LogP contribution < -0.4 is 5.11 Å². The Labute approximate surface area is 163 Å². The normalized spacial score (nSPS) is 10.9. The van der Waals surface area contributed by atoms with Crippen LogP contribution >= 0.6 is 0 Å². The number of benzene rings is 1. The average Bonchev–Trinajstić information content (AvgIpc) is 2.64. The number of carbonyl (C=O) groups excluding carboxylic acids is 1. The van der Waals surface area contributed by atoms with Gasteiger partial charge >= 0.3 is 5.97 Å². The van der Waals surface area contributed by atoms with E-state index in [2.05, 4.69) is 34.3 Å². The Kier molecular flexibility index (Phi) is 12.0. The molecule has 1 rings (SSSR count). The summed E-state index contributed by atoms with van der Waals surface area (Å²) in [6, 6.07) is 7.28. The summed E-state index contributed by atoms with van der Waals surface area (Å²) in [7, 11) is 0. The number of carbonyl (C=O) groups is 2. The van der Waals surface area contributed by atoms with E-state index in [1.165, 1.54) is 35.6 Å². The first-order valence-corrected chi connectivity index (χ1v) is 9.46. The van der Waals surface area contributed by atoms with Crippen molar-refractivity contribution >= 4 is 18.0 Å². The number of carboxylic acid groups (broad SMARTS) is 2. The maximum absolute atomic E-state index is 10.6. The molecule has 0 fully saturated rings. The Morgan fingerprint density at radius 2 is 1.52 bits per heavy atom. The third kappa shape index (κ3) is 9.92. The monoisotopic (exact) mass is 378 g/mol. The molecule has 6 heteroatoms. The lowest BCUT2D eigenvalue weighted by atomic mass is 10.1. The summed E-state index contributed by atoms with van der Waals surface area (Å²) in [6.45, 7) is 17.4. The molecule has 0 spiro atoms. The van der Waals surface area contributed by atoms with Gasteiger partial charge in [-0.15, -0.1) is 0 Å². The highest BCUT2D eigenvalue weighted by Crippen LogP contribution is 2.08. The molecular weight excluding hydrogens is 344 g/mol. The number of quaternary nitrogens is 1. The molecule has 0 saturated heterocycles. The second kappa shape index (κ2) is 13.1. The quantitative estimate of drug-likeness (QED) is 0.595. The standard InChI is InChI=1S/C13H15NO4.C8H20N/c1-2-10-3-5-11(6-4-10)7-14(8-12(15)16)9-13(17)18;1-5-9(6-2,7-3)8-4/h2-6H,1,7-9H2,(H,15,16)(H,17,18);5-8H2,1-4H3/q;+1/p-1. The smallest absolute Gasteiger partial charge is 0.317 e. The van der Waals surface area contributed by atoms with Crippen molar-refractivity contribution in [3.63, 3.8) is 0 Å². The van der Waals surface area contributed by atoms with E-state index in [-0.39, 0.29) is 13.1 Å². The van der Waals surface area contributed by atoms with Crippen LogP contribution in [0.1, 0.15) is 38.8 Å². The first-order valence-electron chi connectivity index (χ1n) is 9.46. The van der Waals surface area contributed by atoms with Gasteiger partial charge in [-0.05, 0) is 38.8 Å². The van der Waals surface area contributed by atoms with Crippen molar-refractivity contribution in [1.29, 1.82) is 0 Å². The average molecular weight is 379 g/mol. The molecule has 0 aliphatic heterocycles. The van der Waals surface area contributed by atoms with Gasteiger partial charge in [0.2, 0.25) is 0 Å². The first-order chi connectivity index (χ1) is 12.7. The van der Waals surface area contributed by atoms with Gasteiger partial charge in [0.1, 0.15) is 0 Å². The van der Waals surface area contributed by atoms with Crippen molar-refractivity contribution in [3.05, 3.63) is 42.0 Å². The lowest BCUT2D eigenvalue weighted by molar-refractivity contribution is -0.921. The van der Waals surface area contributed by atoms with E-state index in [4.69, 9.17) is 5.11 Å². The van der Waals surface area contributed by atoms with Crippen molar-refractivity contribution in [3.8, 4) is 0 Å². The lowest BCUT2D eigenvalue weighted by Crippen LogP contribution is -2.47. The molecule has 0 aromatic heterocycles. The van der Waals surface area contributed by atoms with E-state index < -0.39 is 18.5 Å². The van der Waals surface area contributed by atoms with Gasteiger partial charge in [0.25, 0.3) is 0 Å². The fourth-order valence-corrected chi connectivity index (χ4v) is 2.90. The van der Waals surface area contributed by atoms with Crippen LogP contribution in [-0.2, 0) is 16.1 Å². The molecule has 1 aromatic rings. The molecule has 0 bridgehead atoms. The Morgan fingerprint density at radius 1 is 1.04 bits per heavy atom. The van der Waals surface area contributed by atoms with E-state index in [0.717, 1.165) is 11.1 Å². The van der Waals surface area contributed by atoms with Crippen LogP contribution in [0.5, 0.6) is 0 Å². The van der Waals surface area contributed by atoms with Crippen LogP contribution in [-0.4, -0.2) is 65.7 Å². The maximum Gasteiger partial charge on any atom is 0.317 e. The SMILES string of the molecule is C=Cc1ccc(CN(CC(=O)[O-])CC(=O)O)cc1.CC[N+](CC)(CC)CC. The summed E-state index contributed by atoms with van der Waals surface area (Å²) in [6.07, 6.45) is 1.69. The van der Waals surface area contributed by atoms with Crippen molar-refractivity contribution in [1.82, 2.24) is 4.90 Å². The molecule has 1 N–H and O–H groups in total. The highest BCUT2D eigenvalue weighted by Gasteiger charge is 2.16. The summed E-state index contributed by atoms with van der Waals surface area (Å²) in [5.41, 5.74) is 1.78. The molecule has 0 radical (unpaired) electrons. The minimum atomic E-state index is -1.29. The maximum atomic E-state index is 10.6. The molecule has 6 nitrogen and oxygen atoms in total. The largest absolute Gasteiger partial charge is 0.549 e. The van der Waals surface area contributed by atoms with Crippen LogP contribution in [0.3, 0.4) is 0 Å². The third-order valence-electron chi connectivity index (χ3n) is 5.02. The van der Waals surface area contributed by atoms with Gasteiger partial charge in [0.05, 0.1) is 38.7 Å². The molecule has 0 aliphatic carbocycles. The molecule has 0 unspecified atom stereocenters. The molecular formula is C21H34N2O4. The Morgan fingerprint density at radius 3 is 1.81 bits per heavy atom. The predicted molar refractivity (Wildman–Crippen MR) is 107 cm³/mol. The highest BCUT2D eigenvalue weighted by atomic mass is 16.4. The van der Waals surface area contributed by atoms with Crippen LogP contribution in [0.15, 0.2) is 30.8 Å². The number of hydrogen-bond donors (Lipinski definition) is 1. The third-order valence-corrected chi connectivity index (χ3v) is 5.02. The number of nitrogens with zero attached hydrogens (tertiary/aromatic N) is 2. The minimum absolute atomic E-state index is 0.248. The van der Waals surface area contributed by atoms with E-state index >= 15 is 0 Å². The topological polar surface area (TPSA) is 80.7 Å². The molecule has 0 saturated carbocycles. The Hall–Kier alpha value is -2.18. The van der Waals surface area contributed by atoms with Gasteiger partial charge in [-0.25, -0.2) is 0 Å². The van der Waals surface area contributed by atoms with E-state index in [1.54, 1.807) is 18.2 Å². The van der Waals surface area contributed by atoms with Crippen molar-refractivity contribution in [2.24, 2.45) is 0 Å². The highest BCUT2D eigenvalue weighted by molar-refractivity contribution is 5.71. The molecule has 0 atom stereocenters. The van der Waals surface area contributed by atoms with Crippen LogP contribution in [0.25, 0.3) is 6.08 Å². The minimum Gasteiger partial charge on any atom is -0.549 e. The zero-order valence-electron chi connectivity index (χ0n) is 17.1. The van der Waals surface area contributed by atoms with E-state index in [1.807, 2.05) is 12.1 Å². The van der Waals surface area contributed by atoms with E-state index in [0.29, 0.717) is 0 Å². The van der Waals surface area contributed by atoms with Gasteiger partial charge in [0, 0.05) is 13.1 Å². The van der Waals surface area contributed by atoms with Crippen LogP contribution in [0.2, 0.25) is 0 Å². The van der Waals surface area contributed by atoms with Crippen molar-refractivity contribution < 1.29 is 24.3 Å². The van der Waals surface area contributed by atoms with Crippen molar-refractivity contribution in [2.45, 2.75) is 34.2 Å². The van der Waals surface area contributed by atoms with Gasteiger partial charge in [-0.1, -0.05) is 36.9 Å². The molecule has 152 valence electrons. The summed E-state index contributed by atoms with van der Waals surface area (Å²) >= 11 is 0. The molecule has 1 aromatic carbocycles. The Balaban J connectivity index is 0.000000636. The Bertz CT molecular complexity index is 547. The molecule has 0 aliphatic rings. The summed E-state index contributed by atoms with van der Waals surface area (Å²) in [5, 5.41) is 19.2. The number of rotatable bonds is 11. The van der Waals surface area contributed by atoms with Gasteiger partial charge in [-0.3, -0.25) is 9.69 Å². The second-order valence-electron chi connectivity index (χ2n) is 6.46. The summed E-state index contributed by atoms with van der Waals surface area (Å²) < 4.78 is 1.28. The van der Waals surface area contributed by atoms with E-state index in [9.17, 15) is 14.7 Å². The van der Waals surface area contributed by atoms with Crippen molar-refractivity contribution in [2.75, 3.05) is 39.3 Å². The van der Waals surface area contributed by atoms with Crippen LogP contribution in [0.4, 0.5) is 0 Å². The zero-order valence-corrected chi connectivity index (χ0v) is 17.1. The number of aliphatic carboxylic acids is 2. The number of carboxylic acids is 2. The molecule has 0 amide bonds. The van der Waals surface area contributed by atoms with Gasteiger partial charge in [-0.2, -0.15) is 0 Å². The fraction of sp³-hybridized carbons (Fsp3) is 0.524.